The summed E-state index contributed by atoms with van der Waals surface area (Å²) in [5.74, 6) is 0.630. The predicted octanol–water partition coefficient (Wildman–Crippen LogP) is 2.91. The zero-order valence-electron chi connectivity index (χ0n) is 10.3. The average molecular weight is 303 g/mol. The van der Waals surface area contributed by atoms with Crippen LogP contribution < -0.4 is 5.32 Å². The summed E-state index contributed by atoms with van der Waals surface area (Å²) in [7, 11) is 0. The topological polar surface area (TPSA) is 55.1 Å². The molecule has 1 aromatic heterocycles. The number of halogens is 1. The van der Waals surface area contributed by atoms with Gasteiger partial charge >= 0.3 is 0 Å². The fourth-order valence-corrected chi connectivity index (χ4v) is 2.35. The zero-order chi connectivity index (χ0) is 12.7. The van der Waals surface area contributed by atoms with Crippen molar-refractivity contribution in [2.75, 3.05) is 11.9 Å². The SMILES string of the molecule is CCCC(CCBr)CNC(=O)c1cc(C)no1. The molecule has 0 aliphatic rings. The highest BCUT2D eigenvalue weighted by molar-refractivity contribution is 9.09. The van der Waals surface area contributed by atoms with Crippen molar-refractivity contribution >= 4 is 21.8 Å². The lowest BCUT2D eigenvalue weighted by Crippen LogP contribution is -2.29. The van der Waals surface area contributed by atoms with Crippen LogP contribution in [0.15, 0.2) is 10.6 Å². The second-order valence-electron chi connectivity index (χ2n) is 4.17. The number of aryl methyl sites for hydroxylation is 1. The Labute approximate surface area is 110 Å². The fraction of sp³-hybridized carbons (Fsp3) is 0.667. The summed E-state index contributed by atoms with van der Waals surface area (Å²) in [6, 6.07) is 1.65. The standard InChI is InChI=1S/C12H19BrN2O2/c1-3-4-10(5-6-13)8-14-12(16)11-7-9(2)15-17-11/h7,10H,3-6,8H2,1-2H3,(H,14,16). The lowest BCUT2D eigenvalue weighted by molar-refractivity contribution is 0.0909. The molecule has 1 rings (SSSR count). The molecule has 1 unspecified atom stereocenters. The van der Waals surface area contributed by atoms with E-state index in [-0.39, 0.29) is 11.7 Å². The molecule has 1 heterocycles. The maximum absolute atomic E-state index is 11.7. The highest BCUT2D eigenvalue weighted by atomic mass is 79.9. The van der Waals surface area contributed by atoms with Crippen LogP contribution in [0.2, 0.25) is 0 Å². The number of rotatable bonds is 7. The molecule has 1 aromatic rings. The second-order valence-corrected chi connectivity index (χ2v) is 4.97. The molecule has 0 aliphatic heterocycles. The van der Waals surface area contributed by atoms with Gasteiger partial charge in [-0.1, -0.05) is 34.4 Å². The maximum Gasteiger partial charge on any atom is 0.289 e. The first kappa shape index (κ1) is 14.2. The summed E-state index contributed by atoms with van der Waals surface area (Å²) in [5.41, 5.74) is 0.723. The Balaban J connectivity index is 2.40. The van der Waals surface area contributed by atoms with Crippen LogP contribution in [0.25, 0.3) is 0 Å². The van der Waals surface area contributed by atoms with Crippen molar-refractivity contribution in [3.63, 3.8) is 0 Å². The quantitative estimate of drug-likeness (QED) is 0.788. The van der Waals surface area contributed by atoms with Crippen molar-refractivity contribution in [2.24, 2.45) is 5.92 Å². The van der Waals surface area contributed by atoms with E-state index in [1.54, 1.807) is 13.0 Å². The predicted molar refractivity (Wildman–Crippen MR) is 70.4 cm³/mol. The van der Waals surface area contributed by atoms with Crippen LogP contribution in [0.4, 0.5) is 0 Å². The summed E-state index contributed by atoms with van der Waals surface area (Å²) < 4.78 is 4.91. The third kappa shape index (κ3) is 4.89. The van der Waals surface area contributed by atoms with E-state index >= 15 is 0 Å². The minimum absolute atomic E-state index is 0.179. The Kier molecular flexibility index (Phi) is 6.26. The first-order valence-electron chi connectivity index (χ1n) is 5.94. The molecule has 5 heteroatoms. The van der Waals surface area contributed by atoms with E-state index in [1.165, 1.54) is 0 Å². The highest BCUT2D eigenvalue weighted by Gasteiger charge is 2.13. The number of amides is 1. The Morgan fingerprint density at radius 1 is 1.59 bits per heavy atom. The minimum atomic E-state index is -0.179. The Morgan fingerprint density at radius 2 is 2.35 bits per heavy atom. The molecule has 1 amide bonds. The van der Waals surface area contributed by atoms with Crippen molar-refractivity contribution in [1.29, 1.82) is 0 Å². The van der Waals surface area contributed by atoms with E-state index in [4.69, 9.17) is 4.52 Å². The van der Waals surface area contributed by atoms with Gasteiger partial charge in [0.2, 0.25) is 5.76 Å². The number of carbonyl (C=O) groups is 1. The summed E-state index contributed by atoms with van der Waals surface area (Å²) in [6.45, 7) is 4.64. The molecule has 0 aliphatic carbocycles. The number of alkyl halides is 1. The molecule has 4 nitrogen and oxygen atoms in total. The van der Waals surface area contributed by atoms with Gasteiger partial charge in [0.05, 0.1) is 5.69 Å². The molecule has 0 aromatic carbocycles. The number of nitrogens with one attached hydrogen (secondary N) is 1. The molecule has 1 atom stereocenters. The van der Waals surface area contributed by atoms with Crippen LogP contribution in [-0.4, -0.2) is 22.9 Å². The molecule has 0 saturated heterocycles. The van der Waals surface area contributed by atoms with E-state index in [2.05, 4.69) is 33.3 Å². The van der Waals surface area contributed by atoms with Gasteiger partial charge in [-0.2, -0.15) is 0 Å². The van der Waals surface area contributed by atoms with Gasteiger partial charge in [0.15, 0.2) is 0 Å². The molecule has 17 heavy (non-hydrogen) atoms. The summed E-state index contributed by atoms with van der Waals surface area (Å²) in [5, 5.41) is 7.55. The molecule has 1 N–H and O–H groups in total. The second kappa shape index (κ2) is 7.48. The molecular weight excluding hydrogens is 284 g/mol. The zero-order valence-corrected chi connectivity index (χ0v) is 11.9. The van der Waals surface area contributed by atoms with Gasteiger partial charge in [-0.3, -0.25) is 4.79 Å². The highest BCUT2D eigenvalue weighted by Crippen LogP contribution is 2.12. The van der Waals surface area contributed by atoms with E-state index in [0.717, 1.165) is 30.3 Å². The molecular formula is C12H19BrN2O2. The van der Waals surface area contributed by atoms with Gasteiger partial charge in [0.1, 0.15) is 0 Å². The van der Waals surface area contributed by atoms with Crippen molar-refractivity contribution in [3.8, 4) is 0 Å². The fourth-order valence-electron chi connectivity index (χ4n) is 1.71. The van der Waals surface area contributed by atoms with Gasteiger partial charge in [-0.15, -0.1) is 0 Å². The molecule has 0 saturated carbocycles. The largest absolute Gasteiger partial charge is 0.351 e. The van der Waals surface area contributed by atoms with Gasteiger partial charge in [0, 0.05) is 17.9 Å². The molecule has 0 bridgehead atoms. The Bertz CT molecular complexity index is 346. The molecule has 96 valence electrons. The van der Waals surface area contributed by atoms with E-state index in [0.29, 0.717) is 12.5 Å². The summed E-state index contributed by atoms with van der Waals surface area (Å²) >= 11 is 3.43. The monoisotopic (exact) mass is 302 g/mol. The number of hydrogen-bond donors (Lipinski definition) is 1. The summed E-state index contributed by atoms with van der Waals surface area (Å²) in [4.78, 5) is 11.7. The lowest BCUT2D eigenvalue weighted by Gasteiger charge is -2.14. The van der Waals surface area contributed by atoms with E-state index < -0.39 is 0 Å². The molecule has 0 radical (unpaired) electrons. The van der Waals surface area contributed by atoms with Crippen molar-refractivity contribution < 1.29 is 9.32 Å². The third-order valence-corrected chi connectivity index (χ3v) is 3.08. The third-order valence-electron chi connectivity index (χ3n) is 2.62. The van der Waals surface area contributed by atoms with Crippen LogP contribution in [-0.2, 0) is 0 Å². The first-order valence-corrected chi connectivity index (χ1v) is 7.07. The van der Waals surface area contributed by atoms with Gasteiger partial charge < -0.3 is 9.84 Å². The van der Waals surface area contributed by atoms with Gasteiger partial charge in [0.25, 0.3) is 5.91 Å². The van der Waals surface area contributed by atoms with Crippen molar-refractivity contribution in [2.45, 2.75) is 33.1 Å². The van der Waals surface area contributed by atoms with Crippen molar-refractivity contribution in [1.82, 2.24) is 10.5 Å². The van der Waals surface area contributed by atoms with E-state index in [1.807, 2.05) is 0 Å². The van der Waals surface area contributed by atoms with Crippen LogP contribution in [0.5, 0.6) is 0 Å². The average Bonchev–Trinajstić information content (AvgIpc) is 2.73. The van der Waals surface area contributed by atoms with Crippen LogP contribution in [0, 0.1) is 12.8 Å². The van der Waals surface area contributed by atoms with Gasteiger partial charge in [-0.25, -0.2) is 0 Å². The van der Waals surface area contributed by atoms with E-state index in [9.17, 15) is 4.79 Å². The van der Waals surface area contributed by atoms with Crippen LogP contribution in [0.3, 0.4) is 0 Å². The smallest absolute Gasteiger partial charge is 0.289 e. The normalized spacial score (nSPS) is 12.4. The number of carbonyl (C=O) groups excluding carboxylic acids is 1. The van der Waals surface area contributed by atoms with Crippen LogP contribution in [0.1, 0.15) is 42.4 Å². The molecule has 0 fully saturated rings. The Morgan fingerprint density at radius 3 is 2.88 bits per heavy atom. The number of hydrogen-bond acceptors (Lipinski definition) is 3. The van der Waals surface area contributed by atoms with Gasteiger partial charge in [-0.05, 0) is 25.7 Å². The number of nitrogens with zero attached hydrogens (tertiary/aromatic N) is 1. The van der Waals surface area contributed by atoms with Crippen molar-refractivity contribution in [3.05, 3.63) is 17.5 Å². The Hall–Kier alpha value is -0.840. The lowest BCUT2D eigenvalue weighted by atomic mass is 10.0. The maximum atomic E-state index is 11.7. The van der Waals surface area contributed by atoms with Crippen LogP contribution >= 0.6 is 15.9 Å². The minimum Gasteiger partial charge on any atom is -0.351 e. The summed E-state index contributed by atoms with van der Waals surface area (Å²) in [6.07, 6.45) is 3.33. The first-order chi connectivity index (χ1) is 8.17. The number of aromatic nitrogens is 1. The molecule has 0 spiro atoms.